The number of anilines is 2. The van der Waals surface area contributed by atoms with Gasteiger partial charge in [0.1, 0.15) is 22.2 Å². The Bertz CT molecular complexity index is 1270. The maximum absolute atomic E-state index is 13.8. The SMILES string of the molecule is CC.Cc1cc(F)cc(CNc2nc(C)c(-c3nc4cnccc4s3)c(NC3CCC(CO)C3)n2)c1. The molecule has 0 spiro atoms. The summed E-state index contributed by atoms with van der Waals surface area (Å²) in [4.78, 5) is 18.5. The van der Waals surface area contributed by atoms with Crippen molar-refractivity contribution in [3.63, 3.8) is 0 Å². The lowest BCUT2D eigenvalue weighted by atomic mass is 10.1. The third-order valence-corrected chi connectivity index (χ3v) is 7.24. The number of nitrogens with zero attached hydrogens (tertiary/aromatic N) is 4. The van der Waals surface area contributed by atoms with Gasteiger partial charge in [0, 0.05) is 25.4 Å². The molecule has 2 atom stereocenters. The van der Waals surface area contributed by atoms with Gasteiger partial charge in [0.05, 0.1) is 22.2 Å². The van der Waals surface area contributed by atoms with Crippen LogP contribution in [-0.4, -0.2) is 37.7 Å². The zero-order valence-electron chi connectivity index (χ0n) is 21.2. The molecule has 0 amide bonds. The van der Waals surface area contributed by atoms with Gasteiger partial charge in [0.2, 0.25) is 5.95 Å². The van der Waals surface area contributed by atoms with Gasteiger partial charge in [0.25, 0.3) is 0 Å². The number of nitrogens with one attached hydrogen (secondary N) is 2. The van der Waals surface area contributed by atoms with Crippen molar-refractivity contribution in [2.24, 2.45) is 5.92 Å². The quantitative estimate of drug-likeness (QED) is 0.277. The van der Waals surface area contributed by atoms with Crippen LogP contribution in [0.2, 0.25) is 0 Å². The number of rotatable bonds is 7. The standard InChI is InChI=1S/C25H27FN6OS.C2H6/c1-14-7-17(9-18(26)8-14)11-28-25-29-15(2)22(24-31-20-12-27-6-5-21(20)34-24)23(32-25)30-19-4-3-16(10-19)13-33;1-2/h5-9,12,16,19,33H,3-4,10-11,13H2,1-2H3,(H2,28,29,30,32);1-2H3. The zero-order chi connectivity index (χ0) is 25.7. The summed E-state index contributed by atoms with van der Waals surface area (Å²) in [7, 11) is 0. The molecule has 1 aliphatic carbocycles. The maximum Gasteiger partial charge on any atom is 0.225 e. The Morgan fingerprint density at radius 2 is 1.94 bits per heavy atom. The Balaban J connectivity index is 0.00000148. The summed E-state index contributed by atoms with van der Waals surface area (Å²) in [6.07, 6.45) is 6.39. The lowest BCUT2D eigenvalue weighted by molar-refractivity contribution is 0.229. The summed E-state index contributed by atoms with van der Waals surface area (Å²) in [5, 5.41) is 17.3. The number of halogens is 1. The first-order chi connectivity index (χ1) is 17.5. The number of pyridine rings is 1. The Hall–Kier alpha value is -3.17. The summed E-state index contributed by atoms with van der Waals surface area (Å²) in [5.41, 5.74) is 4.23. The topological polar surface area (TPSA) is 95.9 Å². The van der Waals surface area contributed by atoms with Crippen LogP contribution in [0.5, 0.6) is 0 Å². The smallest absolute Gasteiger partial charge is 0.225 e. The van der Waals surface area contributed by atoms with Gasteiger partial charge in [-0.2, -0.15) is 4.98 Å². The molecule has 1 aliphatic rings. The Morgan fingerprint density at radius 3 is 2.67 bits per heavy atom. The fourth-order valence-corrected chi connectivity index (χ4v) is 5.59. The molecule has 1 saturated carbocycles. The molecular formula is C27H33FN6OS. The van der Waals surface area contributed by atoms with E-state index in [9.17, 15) is 9.50 Å². The average Bonchev–Trinajstić information content (AvgIpc) is 3.50. The van der Waals surface area contributed by atoms with Crippen molar-refractivity contribution in [3.05, 3.63) is 59.3 Å². The van der Waals surface area contributed by atoms with Gasteiger partial charge >= 0.3 is 0 Å². The van der Waals surface area contributed by atoms with Gasteiger partial charge in [-0.1, -0.05) is 19.9 Å². The third-order valence-electron chi connectivity index (χ3n) is 6.19. The number of thiazole rings is 1. The van der Waals surface area contributed by atoms with E-state index in [1.807, 2.05) is 39.8 Å². The average molecular weight is 509 g/mol. The molecule has 190 valence electrons. The van der Waals surface area contributed by atoms with Crippen molar-refractivity contribution in [3.8, 4) is 10.6 Å². The van der Waals surface area contributed by atoms with Crippen LogP contribution >= 0.6 is 11.3 Å². The lowest BCUT2D eigenvalue weighted by Crippen LogP contribution is -2.19. The first kappa shape index (κ1) is 25.9. The van der Waals surface area contributed by atoms with Crippen molar-refractivity contribution < 1.29 is 9.50 Å². The highest BCUT2D eigenvalue weighted by atomic mass is 32.1. The van der Waals surface area contributed by atoms with E-state index >= 15 is 0 Å². The number of hydrogen-bond donors (Lipinski definition) is 3. The Morgan fingerprint density at radius 1 is 1.11 bits per heavy atom. The summed E-state index contributed by atoms with van der Waals surface area (Å²) < 4.78 is 14.9. The minimum absolute atomic E-state index is 0.207. The molecule has 1 fully saturated rings. The van der Waals surface area contributed by atoms with Crippen LogP contribution in [-0.2, 0) is 6.54 Å². The second kappa shape index (κ2) is 11.7. The molecule has 0 bridgehead atoms. The van der Waals surface area contributed by atoms with E-state index in [1.54, 1.807) is 23.7 Å². The Kier molecular flexibility index (Phi) is 8.43. The van der Waals surface area contributed by atoms with Crippen LogP contribution in [0.4, 0.5) is 16.2 Å². The molecule has 1 aromatic carbocycles. The molecule has 4 aromatic rings. The van der Waals surface area contributed by atoms with Crippen LogP contribution in [0.1, 0.15) is 49.9 Å². The van der Waals surface area contributed by atoms with E-state index in [0.717, 1.165) is 62.7 Å². The van der Waals surface area contributed by atoms with E-state index in [-0.39, 0.29) is 18.5 Å². The van der Waals surface area contributed by atoms with E-state index in [0.29, 0.717) is 18.4 Å². The number of benzene rings is 1. The highest BCUT2D eigenvalue weighted by Gasteiger charge is 2.26. The molecule has 2 unspecified atom stereocenters. The van der Waals surface area contributed by atoms with Gasteiger partial charge in [-0.3, -0.25) is 4.98 Å². The van der Waals surface area contributed by atoms with Gasteiger partial charge in [-0.15, -0.1) is 11.3 Å². The second-order valence-corrected chi connectivity index (χ2v) is 9.94. The zero-order valence-corrected chi connectivity index (χ0v) is 22.0. The van der Waals surface area contributed by atoms with Crippen molar-refractivity contribution in [1.29, 1.82) is 0 Å². The van der Waals surface area contributed by atoms with Crippen LogP contribution in [0.15, 0.2) is 36.7 Å². The molecule has 0 saturated heterocycles. The highest BCUT2D eigenvalue weighted by molar-refractivity contribution is 7.21. The van der Waals surface area contributed by atoms with E-state index in [4.69, 9.17) is 15.0 Å². The molecule has 5 rings (SSSR count). The van der Waals surface area contributed by atoms with Crippen LogP contribution < -0.4 is 10.6 Å². The molecule has 9 heteroatoms. The largest absolute Gasteiger partial charge is 0.396 e. The number of aliphatic hydroxyl groups excluding tert-OH is 1. The summed E-state index contributed by atoms with van der Waals surface area (Å²) >= 11 is 1.59. The summed E-state index contributed by atoms with van der Waals surface area (Å²) in [6, 6.07) is 7.15. The van der Waals surface area contributed by atoms with Crippen molar-refractivity contribution in [1.82, 2.24) is 19.9 Å². The third kappa shape index (κ3) is 5.96. The predicted octanol–water partition coefficient (Wildman–Crippen LogP) is 6.12. The van der Waals surface area contributed by atoms with E-state index in [2.05, 4.69) is 15.6 Å². The maximum atomic E-state index is 13.8. The Labute approximate surface area is 215 Å². The number of fused-ring (bicyclic) bond motifs is 1. The van der Waals surface area contributed by atoms with Crippen molar-refractivity contribution in [2.45, 2.75) is 59.5 Å². The molecule has 3 aromatic heterocycles. The molecule has 0 radical (unpaired) electrons. The molecule has 3 heterocycles. The lowest BCUT2D eigenvalue weighted by Gasteiger charge is -2.18. The van der Waals surface area contributed by atoms with Gasteiger partial charge < -0.3 is 15.7 Å². The summed E-state index contributed by atoms with van der Waals surface area (Å²) in [6.45, 7) is 8.45. The first-order valence-corrected chi connectivity index (χ1v) is 13.3. The first-order valence-electron chi connectivity index (χ1n) is 12.5. The number of aliphatic hydroxyl groups is 1. The van der Waals surface area contributed by atoms with E-state index < -0.39 is 0 Å². The second-order valence-electron chi connectivity index (χ2n) is 8.91. The normalized spacial score (nSPS) is 17.1. The number of aryl methyl sites for hydroxylation is 2. The molecule has 3 N–H and O–H groups in total. The molecule has 7 nitrogen and oxygen atoms in total. The monoisotopic (exact) mass is 508 g/mol. The highest BCUT2D eigenvalue weighted by Crippen LogP contribution is 2.37. The van der Waals surface area contributed by atoms with E-state index in [1.165, 1.54) is 12.1 Å². The van der Waals surface area contributed by atoms with Crippen molar-refractivity contribution >= 4 is 33.3 Å². The van der Waals surface area contributed by atoms with Crippen molar-refractivity contribution in [2.75, 3.05) is 17.2 Å². The predicted molar refractivity (Wildman–Crippen MR) is 145 cm³/mol. The van der Waals surface area contributed by atoms with Gasteiger partial charge in [0.15, 0.2) is 0 Å². The van der Waals surface area contributed by atoms with Gasteiger partial charge in [-0.25, -0.2) is 14.4 Å². The van der Waals surface area contributed by atoms with Crippen LogP contribution in [0.3, 0.4) is 0 Å². The minimum atomic E-state index is -0.253. The van der Waals surface area contributed by atoms with Gasteiger partial charge in [-0.05, 0) is 68.4 Å². The summed E-state index contributed by atoms with van der Waals surface area (Å²) in [5.74, 6) is 1.26. The number of hydrogen-bond acceptors (Lipinski definition) is 8. The molecule has 36 heavy (non-hydrogen) atoms. The number of aromatic nitrogens is 4. The fourth-order valence-electron chi connectivity index (χ4n) is 4.56. The fraction of sp³-hybridized carbons (Fsp3) is 0.407. The minimum Gasteiger partial charge on any atom is -0.396 e. The molecular weight excluding hydrogens is 475 g/mol. The molecule has 0 aliphatic heterocycles. The van der Waals surface area contributed by atoms with Crippen LogP contribution in [0, 0.1) is 25.6 Å². The van der Waals surface area contributed by atoms with Crippen LogP contribution in [0.25, 0.3) is 20.8 Å².